The van der Waals surface area contributed by atoms with Crippen molar-refractivity contribution in [1.82, 2.24) is 4.90 Å². The molecule has 1 amide bonds. The molecule has 4 nitrogen and oxygen atoms in total. The van der Waals surface area contributed by atoms with Crippen LogP contribution in [0.25, 0.3) is 5.57 Å². The highest BCUT2D eigenvalue weighted by Crippen LogP contribution is 2.28. The predicted molar refractivity (Wildman–Crippen MR) is 90.7 cm³/mol. The minimum absolute atomic E-state index is 0.268. The molecule has 1 atom stereocenters. The highest BCUT2D eigenvalue weighted by molar-refractivity contribution is 5.81. The Kier molecular flexibility index (Phi) is 4.44. The number of phenolic OH excluding ortho intramolecular Hbond substituents is 1. The highest BCUT2D eigenvalue weighted by Gasteiger charge is 2.27. The summed E-state index contributed by atoms with van der Waals surface area (Å²) in [6, 6.07) is 16.5. The summed E-state index contributed by atoms with van der Waals surface area (Å²) in [4.78, 5) is 14.0. The van der Waals surface area contributed by atoms with E-state index in [1.807, 2.05) is 42.5 Å². The lowest BCUT2D eigenvalue weighted by molar-refractivity contribution is -0.123. The number of rotatable bonds is 4. The smallest absolute Gasteiger partial charge is 0.239 e. The fourth-order valence-electron chi connectivity index (χ4n) is 3.05. The van der Waals surface area contributed by atoms with Crippen LogP contribution in [-0.4, -0.2) is 29.0 Å². The molecule has 0 bridgehead atoms. The molecular weight excluding hydrogens is 288 g/mol. The van der Waals surface area contributed by atoms with E-state index in [0.717, 1.165) is 24.1 Å². The predicted octanol–water partition coefficient (Wildman–Crippen LogP) is 2.71. The van der Waals surface area contributed by atoms with E-state index >= 15 is 0 Å². The number of benzene rings is 2. The molecule has 0 radical (unpaired) electrons. The van der Waals surface area contributed by atoms with Crippen molar-refractivity contribution in [2.24, 2.45) is 5.73 Å². The molecule has 0 unspecified atom stereocenters. The van der Waals surface area contributed by atoms with Gasteiger partial charge in [0.15, 0.2) is 0 Å². The SMILES string of the molecule is NC(=O)[C@H](c1ccccc1)N1CC=C(c2ccc(O)cc2)CC1. The number of primary amides is 1. The Hall–Kier alpha value is -2.59. The summed E-state index contributed by atoms with van der Waals surface area (Å²) in [5.74, 6) is -0.0534. The Morgan fingerprint density at radius 3 is 2.35 bits per heavy atom. The summed E-state index contributed by atoms with van der Waals surface area (Å²) in [6.07, 6.45) is 2.98. The maximum atomic E-state index is 11.9. The Balaban J connectivity index is 1.78. The van der Waals surface area contributed by atoms with E-state index in [0.29, 0.717) is 6.54 Å². The van der Waals surface area contributed by atoms with Gasteiger partial charge in [0.2, 0.25) is 5.91 Å². The summed E-state index contributed by atoms with van der Waals surface area (Å²) in [5, 5.41) is 9.38. The van der Waals surface area contributed by atoms with E-state index in [-0.39, 0.29) is 11.7 Å². The number of nitrogens with zero attached hydrogens (tertiary/aromatic N) is 1. The molecule has 4 heteroatoms. The van der Waals surface area contributed by atoms with Crippen molar-refractivity contribution in [3.05, 3.63) is 71.8 Å². The van der Waals surface area contributed by atoms with Crippen molar-refractivity contribution in [2.75, 3.05) is 13.1 Å². The van der Waals surface area contributed by atoms with Crippen LogP contribution in [0.4, 0.5) is 0 Å². The molecule has 0 aliphatic carbocycles. The molecule has 118 valence electrons. The molecule has 2 aromatic carbocycles. The fourth-order valence-corrected chi connectivity index (χ4v) is 3.05. The van der Waals surface area contributed by atoms with Crippen molar-refractivity contribution < 1.29 is 9.90 Å². The van der Waals surface area contributed by atoms with Crippen LogP contribution < -0.4 is 5.73 Å². The minimum atomic E-state index is -0.395. The van der Waals surface area contributed by atoms with Gasteiger partial charge in [-0.3, -0.25) is 9.69 Å². The molecule has 23 heavy (non-hydrogen) atoms. The Bertz CT molecular complexity index is 708. The molecule has 2 aromatic rings. The fraction of sp³-hybridized carbons (Fsp3) is 0.211. The average molecular weight is 308 g/mol. The molecule has 0 saturated carbocycles. The molecule has 1 aliphatic rings. The van der Waals surface area contributed by atoms with Gasteiger partial charge in [0.05, 0.1) is 0 Å². The van der Waals surface area contributed by atoms with Gasteiger partial charge in [-0.2, -0.15) is 0 Å². The minimum Gasteiger partial charge on any atom is -0.508 e. The molecule has 0 spiro atoms. The molecule has 0 fully saturated rings. The van der Waals surface area contributed by atoms with Gasteiger partial charge in [0.1, 0.15) is 11.8 Å². The first kappa shape index (κ1) is 15.3. The quantitative estimate of drug-likeness (QED) is 0.912. The second-order valence-electron chi connectivity index (χ2n) is 5.74. The first-order valence-corrected chi connectivity index (χ1v) is 7.72. The van der Waals surface area contributed by atoms with Gasteiger partial charge in [0, 0.05) is 13.1 Å². The van der Waals surface area contributed by atoms with Crippen molar-refractivity contribution in [3.63, 3.8) is 0 Å². The number of carbonyl (C=O) groups excluding carboxylic acids is 1. The number of hydrogen-bond acceptors (Lipinski definition) is 3. The van der Waals surface area contributed by atoms with Crippen molar-refractivity contribution in [1.29, 1.82) is 0 Å². The third-order valence-corrected chi connectivity index (χ3v) is 4.23. The summed E-state index contributed by atoms with van der Waals surface area (Å²) in [5.41, 5.74) is 8.91. The molecular formula is C19H20N2O2. The van der Waals surface area contributed by atoms with E-state index in [4.69, 9.17) is 5.73 Å². The van der Waals surface area contributed by atoms with Crippen molar-refractivity contribution in [2.45, 2.75) is 12.5 Å². The van der Waals surface area contributed by atoms with Crippen molar-refractivity contribution >= 4 is 11.5 Å². The van der Waals surface area contributed by atoms with Gasteiger partial charge in [-0.1, -0.05) is 48.5 Å². The zero-order valence-corrected chi connectivity index (χ0v) is 12.9. The number of aromatic hydroxyl groups is 1. The molecule has 0 aromatic heterocycles. The normalized spacial score (nSPS) is 16.6. The van der Waals surface area contributed by atoms with Crippen LogP contribution in [0, 0.1) is 0 Å². The van der Waals surface area contributed by atoms with Gasteiger partial charge >= 0.3 is 0 Å². The van der Waals surface area contributed by atoms with E-state index in [1.165, 1.54) is 5.57 Å². The zero-order chi connectivity index (χ0) is 16.2. The van der Waals surface area contributed by atoms with E-state index in [2.05, 4.69) is 11.0 Å². The van der Waals surface area contributed by atoms with Crippen molar-refractivity contribution in [3.8, 4) is 5.75 Å². The Morgan fingerprint density at radius 1 is 1.09 bits per heavy atom. The second kappa shape index (κ2) is 6.67. The Labute approximate surface area is 135 Å². The summed E-state index contributed by atoms with van der Waals surface area (Å²) in [7, 11) is 0. The standard InChI is InChI=1S/C19H20N2O2/c20-19(23)18(16-4-2-1-3-5-16)21-12-10-15(11-13-21)14-6-8-17(22)9-7-14/h1-10,18,22H,11-13H2,(H2,20,23)/t18-/m0/s1. The van der Waals surface area contributed by atoms with E-state index in [9.17, 15) is 9.90 Å². The van der Waals surface area contributed by atoms with E-state index < -0.39 is 6.04 Å². The topological polar surface area (TPSA) is 66.6 Å². The van der Waals surface area contributed by atoms with Gasteiger partial charge in [-0.15, -0.1) is 0 Å². The van der Waals surface area contributed by atoms with Crippen LogP contribution in [0.5, 0.6) is 5.75 Å². The maximum absolute atomic E-state index is 11.9. The van der Waals surface area contributed by atoms with Gasteiger partial charge < -0.3 is 10.8 Å². The molecule has 1 aliphatic heterocycles. The van der Waals surface area contributed by atoms with Gasteiger partial charge in [-0.05, 0) is 35.3 Å². The lowest BCUT2D eigenvalue weighted by Crippen LogP contribution is -2.40. The monoisotopic (exact) mass is 308 g/mol. The average Bonchev–Trinajstić information content (AvgIpc) is 2.57. The lowest BCUT2D eigenvalue weighted by Gasteiger charge is -2.32. The lowest BCUT2D eigenvalue weighted by atomic mass is 9.96. The first-order chi connectivity index (χ1) is 11.1. The molecule has 1 heterocycles. The zero-order valence-electron chi connectivity index (χ0n) is 12.9. The number of amides is 1. The molecule has 0 saturated heterocycles. The second-order valence-corrected chi connectivity index (χ2v) is 5.74. The number of nitrogens with two attached hydrogens (primary N) is 1. The maximum Gasteiger partial charge on any atom is 0.239 e. The van der Waals surface area contributed by atoms with Crippen LogP contribution in [0.1, 0.15) is 23.6 Å². The highest BCUT2D eigenvalue weighted by atomic mass is 16.3. The Morgan fingerprint density at radius 2 is 1.78 bits per heavy atom. The summed E-state index contributed by atoms with van der Waals surface area (Å²) < 4.78 is 0. The number of carbonyl (C=O) groups is 1. The van der Waals surface area contributed by atoms with Crippen LogP contribution in [0.2, 0.25) is 0 Å². The number of phenols is 1. The third kappa shape index (κ3) is 3.43. The largest absolute Gasteiger partial charge is 0.508 e. The third-order valence-electron chi connectivity index (χ3n) is 4.23. The summed E-state index contributed by atoms with van der Waals surface area (Å²) >= 11 is 0. The number of hydrogen-bond donors (Lipinski definition) is 2. The van der Waals surface area contributed by atoms with Crippen LogP contribution in [-0.2, 0) is 4.79 Å². The van der Waals surface area contributed by atoms with Crippen LogP contribution in [0.15, 0.2) is 60.7 Å². The van der Waals surface area contributed by atoms with E-state index in [1.54, 1.807) is 12.1 Å². The molecule has 3 N–H and O–H groups in total. The van der Waals surface area contributed by atoms with Gasteiger partial charge in [0.25, 0.3) is 0 Å². The first-order valence-electron chi connectivity index (χ1n) is 7.72. The van der Waals surface area contributed by atoms with Gasteiger partial charge in [-0.25, -0.2) is 0 Å². The summed E-state index contributed by atoms with van der Waals surface area (Å²) in [6.45, 7) is 1.45. The molecule has 3 rings (SSSR count). The van der Waals surface area contributed by atoms with Crippen LogP contribution in [0.3, 0.4) is 0 Å². The van der Waals surface area contributed by atoms with Crippen LogP contribution >= 0.6 is 0 Å².